The molecule has 1 spiro atoms. The van der Waals surface area contributed by atoms with Crippen molar-refractivity contribution in [1.29, 1.82) is 0 Å². The molecule has 25 heavy (non-hydrogen) atoms. The van der Waals surface area contributed by atoms with E-state index < -0.39 is 17.6 Å². The molecule has 1 aromatic rings. The molecule has 2 fully saturated rings. The third-order valence-electron chi connectivity index (χ3n) is 4.58. The molecule has 0 aromatic heterocycles. The van der Waals surface area contributed by atoms with E-state index in [2.05, 4.69) is 10.6 Å². The Morgan fingerprint density at radius 1 is 1.28 bits per heavy atom. The van der Waals surface area contributed by atoms with Gasteiger partial charge >= 0.3 is 11.8 Å². The van der Waals surface area contributed by atoms with Crippen LogP contribution in [0.15, 0.2) is 18.2 Å². The first kappa shape index (κ1) is 17.7. The van der Waals surface area contributed by atoms with E-state index in [1.54, 1.807) is 12.1 Å². The van der Waals surface area contributed by atoms with Crippen LogP contribution in [-0.4, -0.2) is 44.0 Å². The summed E-state index contributed by atoms with van der Waals surface area (Å²) >= 11 is 0. The van der Waals surface area contributed by atoms with Crippen LogP contribution in [0.4, 0.5) is 5.69 Å². The highest BCUT2D eigenvalue weighted by atomic mass is 16.7. The first-order valence-electron chi connectivity index (χ1n) is 8.57. The average molecular weight is 348 g/mol. The summed E-state index contributed by atoms with van der Waals surface area (Å²) in [5.74, 6) is -1.41. The standard InChI is InChI=1S/C18H24N2O5/c1-12-5-6-15(23-2)14(9-12)20-17(22)16(21)19-10-13-11-24-18(25-13)7-3-4-8-18/h5-6,9,13H,3-4,7-8,10-11H2,1-2H3,(H,19,21)(H,20,22)/t13-/m0/s1. The summed E-state index contributed by atoms with van der Waals surface area (Å²) in [6.45, 7) is 2.58. The molecular weight excluding hydrogens is 324 g/mol. The van der Waals surface area contributed by atoms with Gasteiger partial charge in [-0.15, -0.1) is 0 Å². The minimum Gasteiger partial charge on any atom is -0.495 e. The molecule has 1 aromatic carbocycles. The molecule has 1 heterocycles. The van der Waals surface area contributed by atoms with Crippen LogP contribution in [0.2, 0.25) is 0 Å². The number of amides is 2. The van der Waals surface area contributed by atoms with Gasteiger partial charge in [-0.3, -0.25) is 9.59 Å². The van der Waals surface area contributed by atoms with Crippen LogP contribution in [-0.2, 0) is 19.1 Å². The number of carbonyl (C=O) groups is 2. The monoisotopic (exact) mass is 348 g/mol. The number of hydrogen-bond acceptors (Lipinski definition) is 5. The van der Waals surface area contributed by atoms with Crippen LogP contribution >= 0.6 is 0 Å². The van der Waals surface area contributed by atoms with Gasteiger partial charge in [-0.25, -0.2) is 0 Å². The molecule has 2 N–H and O–H groups in total. The van der Waals surface area contributed by atoms with Gasteiger partial charge in [0.15, 0.2) is 5.79 Å². The summed E-state index contributed by atoms with van der Waals surface area (Å²) in [6, 6.07) is 5.36. The number of benzene rings is 1. The number of nitrogens with one attached hydrogen (secondary N) is 2. The maximum absolute atomic E-state index is 12.1. The van der Waals surface area contributed by atoms with Crippen molar-refractivity contribution in [2.75, 3.05) is 25.6 Å². The van der Waals surface area contributed by atoms with Crippen molar-refractivity contribution in [2.45, 2.75) is 44.5 Å². The van der Waals surface area contributed by atoms with Crippen LogP contribution in [0, 0.1) is 6.92 Å². The van der Waals surface area contributed by atoms with Gasteiger partial charge in [-0.1, -0.05) is 6.07 Å². The van der Waals surface area contributed by atoms with E-state index in [0.29, 0.717) is 18.0 Å². The first-order valence-corrected chi connectivity index (χ1v) is 8.57. The molecule has 2 amide bonds. The summed E-state index contributed by atoms with van der Waals surface area (Å²) in [7, 11) is 1.51. The SMILES string of the molecule is COc1ccc(C)cc1NC(=O)C(=O)NC[C@H]1COC2(CCCC2)O1. The smallest absolute Gasteiger partial charge is 0.313 e. The third-order valence-corrected chi connectivity index (χ3v) is 4.58. The van der Waals surface area contributed by atoms with Crippen molar-refractivity contribution in [2.24, 2.45) is 0 Å². The van der Waals surface area contributed by atoms with E-state index in [9.17, 15) is 9.59 Å². The van der Waals surface area contributed by atoms with Gasteiger partial charge in [0.25, 0.3) is 0 Å². The molecule has 1 aliphatic heterocycles. The molecule has 136 valence electrons. The molecule has 1 atom stereocenters. The molecule has 1 saturated carbocycles. The van der Waals surface area contributed by atoms with Crippen molar-refractivity contribution in [3.05, 3.63) is 23.8 Å². The fourth-order valence-corrected chi connectivity index (χ4v) is 3.28. The zero-order chi connectivity index (χ0) is 17.9. The Labute approximate surface area is 147 Å². The van der Waals surface area contributed by atoms with E-state index in [1.165, 1.54) is 7.11 Å². The lowest BCUT2D eigenvalue weighted by molar-refractivity contribution is -0.161. The largest absolute Gasteiger partial charge is 0.495 e. The van der Waals surface area contributed by atoms with Crippen molar-refractivity contribution in [3.8, 4) is 5.75 Å². The van der Waals surface area contributed by atoms with Gasteiger partial charge in [-0.05, 0) is 37.5 Å². The molecule has 0 radical (unpaired) electrons. The highest BCUT2D eigenvalue weighted by Crippen LogP contribution is 2.38. The topological polar surface area (TPSA) is 85.9 Å². The average Bonchev–Trinajstić information content (AvgIpc) is 3.23. The minimum atomic E-state index is -0.738. The summed E-state index contributed by atoms with van der Waals surface area (Å²) in [5, 5.41) is 5.18. The summed E-state index contributed by atoms with van der Waals surface area (Å²) in [4.78, 5) is 24.1. The highest BCUT2D eigenvalue weighted by molar-refractivity contribution is 6.39. The predicted molar refractivity (Wildman–Crippen MR) is 91.4 cm³/mol. The van der Waals surface area contributed by atoms with Gasteiger partial charge < -0.3 is 24.8 Å². The second-order valence-corrected chi connectivity index (χ2v) is 6.54. The summed E-state index contributed by atoms with van der Waals surface area (Å²) < 4.78 is 16.9. The molecule has 1 saturated heterocycles. The van der Waals surface area contributed by atoms with E-state index in [0.717, 1.165) is 31.2 Å². The Hall–Kier alpha value is -2.12. The number of methoxy groups -OCH3 is 1. The van der Waals surface area contributed by atoms with Crippen molar-refractivity contribution < 1.29 is 23.8 Å². The summed E-state index contributed by atoms with van der Waals surface area (Å²) in [6.07, 6.45) is 3.76. The van der Waals surface area contributed by atoms with Gasteiger partial charge in [-0.2, -0.15) is 0 Å². The Bertz CT molecular complexity index is 655. The van der Waals surface area contributed by atoms with Crippen molar-refractivity contribution in [1.82, 2.24) is 5.32 Å². The van der Waals surface area contributed by atoms with Gasteiger partial charge in [0.05, 0.1) is 19.4 Å². The van der Waals surface area contributed by atoms with E-state index in [-0.39, 0.29) is 12.6 Å². The molecule has 3 rings (SSSR count). The molecule has 1 aliphatic carbocycles. The van der Waals surface area contributed by atoms with Gasteiger partial charge in [0.1, 0.15) is 11.9 Å². The second kappa shape index (κ2) is 7.41. The van der Waals surface area contributed by atoms with E-state index in [1.807, 2.05) is 13.0 Å². The fraction of sp³-hybridized carbons (Fsp3) is 0.556. The molecule has 7 heteroatoms. The van der Waals surface area contributed by atoms with Crippen molar-refractivity contribution >= 4 is 17.5 Å². The van der Waals surface area contributed by atoms with Crippen LogP contribution in [0.1, 0.15) is 31.2 Å². The number of ether oxygens (including phenoxy) is 3. The maximum Gasteiger partial charge on any atom is 0.313 e. The predicted octanol–water partition coefficient (Wildman–Crippen LogP) is 1.74. The maximum atomic E-state index is 12.1. The van der Waals surface area contributed by atoms with Gasteiger partial charge in [0, 0.05) is 19.4 Å². The van der Waals surface area contributed by atoms with Crippen LogP contribution in [0.5, 0.6) is 5.75 Å². The van der Waals surface area contributed by atoms with Crippen LogP contribution in [0.3, 0.4) is 0 Å². The minimum absolute atomic E-state index is 0.219. The third kappa shape index (κ3) is 4.11. The highest BCUT2D eigenvalue weighted by Gasteiger charge is 2.43. The zero-order valence-corrected chi connectivity index (χ0v) is 14.6. The van der Waals surface area contributed by atoms with Crippen molar-refractivity contribution in [3.63, 3.8) is 0 Å². The second-order valence-electron chi connectivity index (χ2n) is 6.54. The Morgan fingerprint density at radius 2 is 2.04 bits per heavy atom. The molecule has 2 aliphatic rings. The normalized spacial score (nSPS) is 21.3. The van der Waals surface area contributed by atoms with E-state index >= 15 is 0 Å². The number of aryl methyl sites for hydroxylation is 1. The number of anilines is 1. The lowest BCUT2D eigenvalue weighted by Gasteiger charge is -2.21. The number of carbonyl (C=O) groups excluding carboxylic acids is 2. The Morgan fingerprint density at radius 3 is 2.76 bits per heavy atom. The number of rotatable bonds is 4. The quantitative estimate of drug-likeness (QED) is 0.810. The first-order chi connectivity index (χ1) is 12.0. The summed E-state index contributed by atoms with van der Waals surface area (Å²) in [5.41, 5.74) is 1.42. The Kier molecular flexibility index (Phi) is 5.24. The number of hydrogen-bond donors (Lipinski definition) is 2. The van der Waals surface area contributed by atoms with Gasteiger partial charge in [0.2, 0.25) is 0 Å². The van der Waals surface area contributed by atoms with E-state index in [4.69, 9.17) is 14.2 Å². The zero-order valence-electron chi connectivity index (χ0n) is 14.6. The molecular formula is C18H24N2O5. The molecule has 7 nitrogen and oxygen atoms in total. The Balaban J connectivity index is 1.50. The molecule has 0 bridgehead atoms. The van der Waals surface area contributed by atoms with Crippen LogP contribution < -0.4 is 15.4 Å². The fourth-order valence-electron chi connectivity index (χ4n) is 3.28. The molecule has 0 unspecified atom stereocenters. The lowest BCUT2D eigenvalue weighted by atomic mass is 10.2. The van der Waals surface area contributed by atoms with Crippen LogP contribution in [0.25, 0.3) is 0 Å². The lowest BCUT2D eigenvalue weighted by Crippen LogP contribution is -2.40.